The lowest BCUT2D eigenvalue weighted by molar-refractivity contribution is -0.137. The molecule has 4 nitrogen and oxygen atoms in total. The summed E-state index contributed by atoms with van der Waals surface area (Å²) in [6, 6.07) is 10.3. The van der Waals surface area contributed by atoms with Crippen molar-refractivity contribution in [2.24, 2.45) is 0 Å². The Balaban J connectivity index is 2.05. The lowest BCUT2D eigenvalue weighted by Gasteiger charge is -2.16. The lowest BCUT2D eigenvalue weighted by atomic mass is 10.1. The van der Waals surface area contributed by atoms with Crippen LogP contribution in [0.15, 0.2) is 48.5 Å². The zero-order valence-corrected chi connectivity index (χ0v) is 13.8. The van der Waals surface area contributed by atoms with Crippen LogP contribution in [0.2, 0.25) is 5.02 Å². The molecule has 132 valence electrons. The topological polar surface area (TPSA) is 58.2 Å². The van der Waals surface area contributed by atoms with Gasteiger partial charge in [0.1, 0.15) is 6.04 Å². The quantitative estimate of drug-likeness (QED) is 0.850. The van der Waals surface area contributed by atoms with E-state index in [0.717, 1.165) is 12.1 Å². The Bertz CT molecular complexity index is 779. The number of rotatable bonds is 4. The minimum Gasteiger partial charge on any atom is -0.341 e. The second-order valence-electron chi connectivity index (χ2n) is 5.24. The van der Waals surface area contributed by atoms with Gasteiger partial charge in [-0.05, 0) is 37.3 Å². The largest absolute Gasteiger partial charge is 0.417 e. The summed E-state index contributed by atoms with van der Waals surface area (Å²) in [5, 5.41) is 4.34. The van der Waals surface area contributed by atoms with Gasteiger partial charge in [0.05, 0.1) is 10.6 Å². The molecule has 2 aromatic carbocycles. The van der Waals surface area contributed by atoms with Gasteiger partial charge in [0.2, 0.25) is 5.91 Å². The number of carbonyl (C=O) groups excluding carboxylic acids is 2. The van der Waals surface area contributed by atoms with Crippen LogP contribution in [0.25, 0.3) is 0 Å². The molecule has 8 heteroatoms. The van der Waals surface area contributed by atoms with Gasteiger partial charge < -0.3 is 10.6 Å². The molecule has 2 N–H and O–H groups in total. The fraction of sp³-hybridized carbons (Fsp3) is 0.176. The third kappa shape index (κ3) is 4.96. The summed E-state index contributed by atoms with van der Waals surface area (Å²) < 4.78 is 38.5. The van der Waals surface area contributed by atoms with E-state index in [1.807, 2.05) is 0 Å². The number of benzene rings is 2. The SMILES string of the molecule is CC(NC(=O)c1ccccc1)C(=O)Nc1ccc(Cl)c(C(F)(F)F)c1. The van der Waals surface area contributed by atoms with Gasteiger partial charge in [0.25, 0.3) is 5.91 Å². The molecule has 0 aromatic heterocycles. The van der Waals surface area contributed by atoms with E-state index in [4.69, 9.17) is 11.6 Å². The number of hydrogen-bond donors (Lipinski definition) is 2. The highest BCUT2D eigenvalue weighted by atomic mass is 35.5. The molecule has 0 fully saturated rings. The zero-order chi connectivity index (χ0) is 18.6. The van der Waals surface area contributed by atoms with Crippen LogP contribution in [-0.2, 0) is 11.0 Å². The Morgan fingerprint density at radius 3 is 2.32 bits per heavy atom. The van der Waals surface area contributed by atoms with Gasteiger partial charge in [0.15, 0.2) is 0 Å². The molecule has 1 unspecified atom stereocenters. The third-order valence-electron chi connectivity index (χ3n) is 3.32. The van der Waals surface area contributed by atoms with Gasteiger partial charge in [-0.15, -0.1) is 0 Å². The van der Waals surface area contributed by atoms with Gasteiger partial charge in [-0.3, -0.25) is 9.59 Å². The van der Waals surface area contributed by atoms with E-state index in [-0.39, 0.29) is 5.69 Å². The Labute approximate surface area is 147 Å². The molecule has 0 aliphatic carbocycles. The predicted octanol–water partition coefficient (Wildman–Crippen LogP) is 4.12. The van der Waals surface area contributed by atoms with Crippen LogP contribution in [0, 0.1) is 0 Å². The maximum absolute atomic E-state index is 12.8. The van der Waals surface area contributed by atoms with Crippen LogP contribution in [-0.4, -0.2) is 17.9 Å². The Morgan fingerprint density at radius 1 is 1.08 bits per heavy atom. The van der Waals surface area contributed by atoms with Crippen LogP contribution >= 0.6 is 11.6 Å². The number of amides is 2. The molecule has 0 bridgehead atoms. The average Bonchev–Trinajstić information content (AvgIpc) is 2.56. The first-order chi connectivity index (χ1) is 11.7. The van der Waals surface area contributed by atoms with Crippen LogP contribution < -0.4 is 10.6 Å². The summed E-state index contributed by atoms with van der Waals surface area (Å²) in [4.78, 5) is 24.1. The second-order valence-corrected chi connectivity index (χ2v) is 5.65. The number of halogens is 4. The summed E-state index contributed by atoms with van der Waals surface area (Å²) in [6.07, 6.45) is -4.63. The van der Waals surface area contributed by atoms with E-state index in [1.165, 1.54) is 13.0 Å². The minimum absolute atomic E-state index is 0.0671. The molecule has 2 rings (SSSR count). The summed E-state index contributed by atoms with van der Waals surface area (Å²) in [5.74, 6) is -1.12. The summed E-state index contributed by atoms with van der Waals surface area (Å²) in [5.41, 5.74) is -0.747. The van der Waals surface area contributed by atoms with E-state index in [9.17, 15) is 22.8 Å². The molecular formula is C17H14ClF3N2O2. The number of carbonyl (C=O) groups is 2. The van der Waals surface area contributed by atoms with Crippen LogP contribution in [0.1, 0.15) is 22.8 Å². The third-order valence-corrected chi connectivity index (χ3v) is 3.65. The molecular weight excluding hydrogens is 357 g/mol. The Hall–Kier alpha value is -2.54. The van der Waals surface area contributed by atoms with Crippen LogP contribution in [0.3, 0.4) is 0 Å². The first-order valence-corrected chi connectivity index (χ1v) is 7.60. The van der Waals surface area contributed by atoms with Crippen molar-refractivity contribution >= 4 is 29.1 Å². The monoisotopic (exact) mass is 370 g/mol. The maximum atomic E-state index is 12.8. The molecule has 0 saturated carbocycles. The van der Waals surface area contributed by atoms with E-state index in [0.29, 0.717) is 5.56 Å². The van der Waals surface area contributed by atoms with Gasteiger partial charge in [-0.1, -0.05) is 29.8 Å². The highest BCUT2D eigenvalue weighted by Crippen LogP contribution is 2.36. The van der Waals surface area contributed by atoms with Crippen molar-refractivity contribution in [3.63, 3.8) is 0 Å². The summed E-state index contributed by atoms with van der Waals surface area (Å²) in [7, 11) is 0. The molecule has 0 saturated heterocycles. The molecule has 0 heterocycles. The molecule has 25 heavy (non-hydrogen) atoms. The van der Waals surface area contributed by atoms with Crippen LogP contribution in [0.5, 0.6) is 0 Å². The Morgan fingerprint density at radius 2 is 1.72 bits per heavy atom. The van der Waals surface area contributed by atoms with Crippen molar-refractivity contribution in [3.05, 3.63) is 64.7 Å². The Kier molecular flexibility index (Phi) is 5.69. The van der Waals surface area contributed by atoms with Crippen molar-refractivity contribution < 1.29 is 22.8 Å². The zero-order valence-electron chi connectivity index (χ0n) is 13.0. The first-order valence-electron chi connectivity index (χ1n) is 7.22. The normalized spacial score (nSPS) is 12.4. The molecule has 0 aliphatic heterocycles. The average molecular weight is 371 g/mol. The number of hydrogen-bond acceptors (Lipinski definition) is 2. The smallest absolute Gasteiger partial charge is 0.341 e. The van der Waals surface area contributed by atoms with E-state index in [1.54, 1.807) is 30.3 Å². The maximum Gasteiger partial charge on any atom is 0.417 e. The lowest BCUT2D eigenvalue weighted by Crippen LogP contribution is -2.41. The highest BCUT2D eigenvalue weighted by Gasteiger charge is 2.33. The first kappa shape index (κ1) is 18.8. The molecule has 0 spiro atoms. The van der Waals surface area contributed by atoms with Crippen molar-refractivity contribution in [2.45, 2.75) is 19.1 Å². The van der Waals surface area contributed by atoms with Gasteiger partial charge in [-0.2, -0.15) is 13.2 Å². The predicted molar refractivity (Wildman–Crippen MR) is 88.5 cm³/mol. The summed E-state index contributed by atoms with van der Waals surface area (Å²) in [6.45, 7) is 1.43. The molecule has 0 aliphatic rings. The standard InChI is InChI=1S/C17H14ClF3N2O2/c1-10(22-16(25)11-5-3-2-4-6-11)15(24)23-12-7-8-14(18)13(9-12)17(19,20)21/h2-10H,1H3,(H,22,25)(H,23,24). The van der Waals surface area contributed by atoms with Gasteiger partial charge >= 0.3 is 6.18 Å². The van der Waals surface area contributed by atoms with Crippen molar-refractivity contribution in [1.29, 1.82) is 0 Å². The molecule has 2 amide bonds. The fourth-order valence-corrected chi connectivity index (χ4v) is 2.23. The minimum atomic E-state index is -4.63. The number of anilines is 1. The fourth-order valence-electron chi connectivity index (χ4n) is 2.01. The van der Waals surface area contributed by atoms with Gasteiger partial charge in [0, 0.05) is 11.3 Å². The molecule has 2 aromatic rings. The number of alkyl halides is 3. The van der Waals surface area contributed by atoms with E-state index >= 15 is 0 Å². The van der Waals surface area contributed by atoms with E-state index in [2.05, 4.69) is 10.6 Å². The van der Waals surface area contributed by atoms with E-state index < -0.39 is 34.6 Å². The van der Waals surface area contributed by atoms with Crippen molar-refractivity contribution in [2.75, 3.05) is 5.32 Å². The highest BCUT2D eigenvalue weighted by molar-refractivity contribution is 6.31. The van der Waals surface area contributed by atoms with Gasteiger partial charge in [-0.25, -0.2) is 0 Å². The van der Waals surface area contributed by atoms with Crippen molar-refractivity contribution in [3.8, 4) is 0 Å². The second kappa shape index (κ2) is 7.57. The van der Waals surface area contributed by atoms with Crippen molar-refractivity contribution in [1.82, 2.24) is 5.32 Å². The summed E-state index contributed by atoms with van der Waals surface area (Å²) >= 11 is 5.53. The molecule has 0 radical (unpaired) electrons. The molecule has 1 atom stereocenters. The van der Waals surface area contributed by atoms with Crippen LogP contribution in [0.4, 0.5) is 18.9 Å². The number of nitrogens with one attached hydrogen (secondary N) is 2.